The first kappa shape index (κ1) is 18.5. The molecule has 0 spiro atoms. The van der Waals surface area contributed by atoms with Crippen LogP contribution in [0, 0.1) is 0 Å². The van der Waals surface area contributed by atoms with Crippen molar-refractivity contribution < 1.29 is 13.9 Å². The van der Waals surface area contributed by atoms with Gasteiger partial charge in [0.05, 0.1) is 25.5 Å². The summed E-state index contributed by atoms with van der Waals surface area (Å²) in [5, 5.41) is 5.00. The molecule has 0 saturated carbocycles. The van der Waals surface area contributed by atoms with Gasteiger partial charge in [-0.25, -0.2) is 19.0 Å². The van der Waals surface area contributed by atoms with E-state index in [2.05, 4.69) is 15.1 Å². The molecule has 28 heavy (non-hydrogen) atoms. The van der Waals surface area contributed by atoms with Crippen molar-refractivity contribution in [3.05, 3.63) is 69.7 Å². The second-order valence-corrected chi connectivity index (χ2v) is 6.96. The third kappa shape index (κ3) is 4.18. The molecule has 0 aliphatic carbocycles. The molecule has 1 fully saturated rings. The summed E-state index contributed by atoms with van der Waals surface area (Å²) >= 11 is 5.89. The lowest BCUT2D eigenvalue weighted by Crippen LogP contribution is -2.50. The van der Waals surface area contributed by atoms with E-state index in [9.17, 15) is 9.18 Å². The summed E-state index contributed by atoms with van der Waals surface area (Å²) in [6.07, 6.45) is 3.04. The highest BCUT2D eigenvalue weighted by molar-refractivity contribution is 6.30. The van der Waals surface area contributed by atoms with Gasteiger partial charge in [-0.2, -0.15) is 5.10 Å². The van der Waals surface area contributed by atoms with E-state index in [1.54, 1.807) is 18.2 Å². The molecule has 1 aliphatic heterocycles. The number of benzene rings is 1. The van der Waals surface area contributed by atoms with Crippen molar-refractivity contribution in [2.75, 3.05) is 19.8 Å². The van der Waals surface area contributed by atoms with E-state index < -0.39 is 5.67 Å². The van der Waals surface area contributed by atoms with Crippen LogP contribution in [0.1, 0.15) is 5.56 Å². The molecule has 0 N–H and O–H groups in total. The fraction of sp³-hybridized carbons (Fsp3) is 0.263. The normalized spacial score (nSPS) is 15.1. The zero-order valence-corrected chi connectivity index (χ0v) is 15.5. The fourth-order valence-corrected chi connectivity index (χ4v) is 2.73. The Hall–Kier alpha value is -2.84. The molecule has 1 saturated heterocycles. The van der Waals surface area contributed by atoms with Crippen LogP contribution in [0.5, 0.6) is 6.01 Å². The highest BCUT2D eigenvalue weighted by Gasteiger charge is 2.40. The Bertz CT molecular complexity index is 1020. The Labute approximate surface area is 164 Å². The first-order valence-electron chi connectivity index (χ1n) is 8.55. The summed E-state index contributed by atoms with van der Waals surface area (Å²) in [7, 11) is 0. The van der Waals surface area contributed by atoms with Crippen molar-refractivity contribution in [2.45, 2.75) is 12.2 Å². The molecule has 1 aromatic carbocycles. The summed E-state index contributed by atoms with van der Waals surface area (Å²) in [6.45, 7) is 0.192. The molecule has 0 atom stereocenters. The lowest BCUT2D eigenvalue weighted by atomic mass is 10.1. The van der Waals surface area contributed by atoms with Gasteiger partial charge in [0.2, 0.25) is 0 Å². The third-order valence-electron chi connectivity index (χ3n) is 4.22. The number of alkyl halides is 1. The van der Waals surface area contributed by atoms with Gasteiger partial charge in [0.1, 0.15) is 6.61 Å². The molecule has 0 unspecified atom stereocenters. The molecule has 3 aromatic rings. The molecular formula is C19H16ClFN4O3. The van der Waals surface area contributed by atoms with E-state index in [4.69, 9.17) is 21.1 Å². The van der Waals surface area contributed by atoms with Gasteiger partial charge in [0.15, 0.2) is 5.67 Å². The molecule has 7 nitrogen and oxygen atoms in total. The molecule has 9 heteroatoms. The Morgan fingerprint density at radius 1 is 1.14 bits per heavy atom. The summed E-state index contributed by atoms with van der Waals surface area (Å²) in [5.41, 5.74) is 0.348. The minimum Gasteiger partial charge on any atom is -0.460 e. The Morgan fingerprint density at radius 3 is 2.50 bits per heavy atom. The van der Waals surface area contributed by atoms with Crippen LogP contribution in [0.25, 0.3) is 11.3 Å². The number of rotatable bonds is 6. The van der Waals surface area contributed by atoms with E-state index in [0.29, 0.717) is 22.8 Å². The zero-order chi connectivity index (χ0) is 19.6. The van der Waals surface area contributed by atoms with Crippen LogP contribution in [-0.2, 0) is 11.3 Å². The van der Waals surface area contributed by atoms with Gasteiger partial charge >= 0.3 is 6.01 Å². The number of halogens is 2. The monoisotopic (exact) mass is 402 g/mol. The zero-order valence-electron chi connectivity index (χ0n) is 14.7. The molecule has 0 radical (unpaired) electrons. The van der Waals surface area contributed by atoms with Crippen LogP contribution in [0.4, 0.5) is 4.39 Å². The number of hydrogen-bond acceptors (Lipinski definition) is 6. The van der Waals surface area contributed by atoms with Crippen molar-refractivity contribution in [2.24, 2.45) is 0 Å². The molecule has 4 rings (SSSR count). The van der Waals surface area contributed by atoms with Crippen molar-refractivity contribution in [1.29, 1.82) is 0 Å². The van der Waals surface area contributed by atoms with Crippen molar-refractivity contribution in [1.82, 2.24) is 19.7 Å². The van der Waals surface area contributed by atoms with Gasteiger partial charge in [-0.3, -0.25) is 4.79 Å². The lowest BCUT2D eigenvalue weighted by Gasteiger charge is -2.32. The molecular weight excluding hydrogens is 387 g/mol. The summed E-state index contributed by atoms with van der Waals surface area (Å²) in [6, 6.07) is 10.3. The maximum absolute atomic E-state index is 13.9. The SMILES string of the molecule is O=c1ccc(-c2cnc(OCC3(F)COC3)nc2)nn1Cc1ccc(Cl)cc1. The minimum atomic E-state index is -1.47. The standard InChI is InChI=1S/C19H16ClFN4O3/c20-15-3-1-13(2-4-15)9-25-17(26)6-5-16(24-25)14-7-22-18(23-8-14)28-12-19(21)10-27-11-19/h1-8H,9-12H2. The predicted octanol–water partition coefficient (Wildman–Crippen LogP) is 2.52. The predicted molar refractivity (Wildman–Crippen MR) is 100 cm³/mol. The van der Waals surface area contributed by atoms with E-state index in [-0.39, 0.29) is 31.4 Å². The van der Waals surface area contributed by atoms with Gasteiger partial charge in [-0.15, -0.1) is 0 Å². The Balaban J connectivity index is 1.49. The van der Waals surface area contributed by atoms with Gasteiger partial charge < -0.3 is 9.47 Å². The minimum absolute atomic E-state index is 0.0180. The largest absolute Gasteiger partial charge is 0.460 e. The van der Waals surface area contributed by atoms with Crippen molar-refractivity contribution in [3.63, 3.8) is 0 Å². The average Bonchev–Trinajstić information content (AvgIpc) is 2.69. The van der Waals surface area contributed by atoms with Crippen LogP contribution in [-0.4, -0.2) is 45.2 Å². The first-order valence-corrected chi connectivity index (χ1v) is 8.93. The van der Waals surface area contributed by atoms with Crippen LogP contribution >= 0.6 is 11.6 Å². The summed E-state index contributed by atoms with van der Waals surface area (Å²) < 4.78 is 25.3. The molecule has 1 aliphatic rings. The number of aromatic nitrogens is 4. The van der Waals surface area contributed by atoms with Crippen LogP contribution in [0.3, 0.4) is 0 Å². The molecule has 0 bridgehead atoms. The van der Waals surface area contributed by atoms with Gasteiger partial charge in [-0.1, -0.05) is 23.7 Å². The molecule has 2 aromatic heterocycles. The Kier molecular flexibility index (Phi) is 5.06. The number of ether oxygens (including phenoxy) is 2. The summed E-state index contributed by atoms with van der Waals surface area (Å²) in [5.74, 6) is 0. The second-order valence-electron chi connectivity index (χ2n) is 6.53. The maximum atomic E-state index is 13.9. The fourth-order valence-electron chi connectivity index (χ4n) is 2.60. The lowest BCUT2D eigenvalue weighted by molar-refractivity contribution is -0.147. The molecule has 0 amide bonds. The topological polar surface area (TPSA) is 79.1 Å². The van der Waals surface area contributed by atoms with Gasteiger partial charge in [0, 0.05) is 29.0 Å². The van der Waals surface area contributed by atoms with Crippen LogP contribution in [0.15, 0.2) is 53.6 Å². The van der Waals surface area contributed by atoms with Gasteiger partial charge in [0.25, 0.3) is 5.56 Å². The highest BCUT2D eigenvalue weighted by atomic mass is 35.5. The van der Waals surface area contributed by atoms with E-state index >= 15 is 0 Å². The van der Waals surface area contributed by atoms with Crippen LogP contribution in [0.2, 0.25) is 5.02 Å². The van der Waals surface area contributed by atoms with Crippen molar-refractivity contribution in [3.8, 4) is 17.3 Å². The first-order chi connectivity index (χ1) is 13.5. The van der Waals surface area contributed by atoms with E-state index in [1.807, 2.05) is 12.1 Å². The molecule has 144 valence electrons. The van der Waals surface area contributed by atoms with Gasteiger partial charge in [-0.05, 0) is 23.8 Å². The highest BCUT2D eigenvalue weighted by Crippen LogP contribution is 2.23. The average molecular weight is 403 g/mol. The number of nitrogens with zero attached hydrogens (tertiary/aromatic N) is 4. The smallest absolute Gasteiger partial charge is 0.316 e. The second kappa shape index (κ2) is 7.65. The number of hydrogen-bond donors (Lipinski definition) is 0. The summed E-state index contributed by atoms with van der Waals surface area (Å²) in [4.78, 5) is 20.3. The molecule has 3 heterocycles. The van der Waals surface area contributed by atoms with Crippen molar-refractivity contribution >= 4 is 11.6 Å². The third-order valence-corrected chi connectivity index (χ3v) is 4.47. The van der Waals surface area contributed by atoms with E-state index in [0.717, 1.165) is 5.56 Å². The quantitative estimate of drug-likeness (QED) is 0.630. The van der Waals surface area contributed by atoms with E-state index in [1.165, 1.54) is 23.1 Å². The maximum Gasteiger partial charge on any atom is 0.316 e. The van der Waals surface area contributed by atoms with Crippen LogP contribution < -0.4 is 10.3 Å². The Morgan fingerprint density at radius 2 is 1.86 bits per heavy atom.